The first-order valence-corrected chi connectivity index (χ1v) is 6.97. The minimum Gasteiger partial charge on any atom is -0.376 e. The molecule has 1 heterocycles. The van der Waals surface area contributed by atoms with E-state index in [9.17, 15) is 0 Å². The van der Waals surface area contributed by atoms with Crippen LogP contribution in [0.2, 0.25) is 5.02 Å². The number of ether oxygens (including phenoxy) is 1. The topological polar surface area (TPSA) is 38.5 Å². The number of rotatable bonds is 5. The number of hydrogen-bond donors (Lipinski definition) is 1. The SMILES string of the molecule is CCN(CC1CCCO1)c1ccc(Cl)cc1CN. The van der Waals surface area contributed by atoms with Gasteiger partial charge in [0.15, 0.2) is 0 Å². The first-order chi connectivity index (χ1) is 8.74. The van der Waals surface area contributed by atoms with E-state index < -0.39 is 0 Å². The summed E-state index contributed by atoms with van der Waals surface area (Å²) in [4.78, 5) is 2.33. The Morgan fingerprint density at radius 3 is 2.94 bits per heavy atom. The Kier molecular flexibility index (Phi) is 4.87. The smallest absolute Gasteiger partial charge is 0.0750 e. The zero-order valence-electron chi connectivity index (χ0n) is 10.9. The van der Waals surface area contributed by atoms with E-state index in [1.165, 1.54) is 12.1 Å². The number of hydrogen-bond acceptors (Lipinski definition) is 3. The van der Waals surface area contributed by atoms with Crippen LogP contribution in [0.4, 0.5) is 5.69 Å². The van der Waals surface area contributed by atoms with Crippen molar-refractivity contribution >= 4 is 17.3 Å². The molecule has 0 amide bonds. The summed E-state index contributed by atoms with van der Waals surface area (Å²) in [6, 6.07) is 5.94. The van der Waals surface area contributed by atoms with Crippen LogP contribution in [-0.2, 0) is 11.3 Å². The summed E-state index contributed by atoms with van der Waals surface area (Å²) < 4.78 is 5.71. The van der Waals surface area contributed by atoms with Crippen LogP contribution in [0, 0.1) is 0 Å². The van der Waals surface area contributed by atoms with E-state index in [0.717, 1.165) is 36.7 Å². The van der Waals surface area contributed by atoms with Crippen molar-refractivity contribution in [2.75, 3.05) is 24.6 Å². The highest BCUT2D eigenvalue weighted by Gasteiger charge is 2.19. The molecule has 1 aromatic rings. The zero-order valence-corrected chi connectivity index (χ0v) is 11.6. The molecule has 2 N–H and O–H groups in total. The molecule has 1 atom stereocenters. The predicted molar refractivity (Wildman–Crippen MR) is 76.2 cm³/mol. The molecule has 0 spiro atoms. The summed E-state index contributed by atoms with van der Waals surface area (Å²) in [5.74, 6) is 0. The van der Waals surface area contributed by atoms with Gasteiger partial charge in [-0.2, -0.15) is 0 Å². The lowest BCUT2D eigenvalue weighted by Gasteiger charge is -2.28. The molecular formula is C14H21ClN2O. The Hall–Kier alpha value is -0.770. The van der Waals surface area contributed by atoms with Gasteiger partial charge in [-0.25, -0.2) is 0 Å². The number of nitrogens with two attached hydrogens (primary N) is 1. The lowest BCUT2D eigenvalue weighted by Crippen LogP contribution is -2.32. The van der Waals surface area contributed by atoms with E-state index in [0.29, 0.717) is 12.6 Å². The molecule has 0 radical (unpaired) electrons. The molecule has 0 aromatic heterocycles. The van der Waals surface area contributed by atoms with Crippen molar-refractivity contribution in [3.05, 3.63) is 28.8 Å². The maximum absolute atomic E-state index is 6.01. The van der Waals surface area contributed by atoms with Crippen LogP contribution in [0.5, 0.6) is 0 Å². The summed E-state index contributed by atoms with van der Waals surface area (Å²) in [6.07, 6.45) is 2.68. The molecule has 0 saturated carbocycles. The summed E-state index contributed by atoms with van der Waals surface area (Å²) in [6.45, 7) is 5.45. The quantitative estimate of drug-likeness (QED) is 0.893. The van der Waals surface area contributed by atoms with Gasteiger partial charge in [-0.15, -0.1) is 0 Å². The first kappa shape index (κ1) is 13.7. The minimum absolute atomic E-state index is 0.353. The molecule has 0 aliphatic carbocycles. The third-order valence-corrected chi connectivity index (χ3v) is 3.67. The average Bonchev–Trinajstić information content (AvgIpc) is 2.89. The van der Waals surface area contributed by atoms with Crippen LogP contribution in [0.1, 0.15) is 25.3 Å². The van der Waals surface area contributed by atoms with Crippen molar-refractivity contribution in [3.63, 3.8) is 0 Å². The summed E-state index contributed by atoms with van der Waals surface area (Å²) in [5, 5.41) is 0.743. The number of benzene rings is 1. The fourth-order valence-corrected chi connectivity index (χ4v) is 2.65. The minimum atomic E-state index is 0.353. The molecule has 1 fully saturated rings. The van der Waals surface area contributed by atoms with Gasteiger partial charge in [-0.05, 0) is 43.5 Å². The van der Waals surface area contributed by atoms with Crippen molar-refractivity contribution in [2.45, 2.75) is 32.4 Å². The molecule has 1 aliphatic heterocycles. The van der Waals surface area contributed by atoms with Gasteiger partial charge in [0.25, 0.3) is 0 Å². The van der Waals surface area contributed by atoms with Crippen LogP contribution in [0.15, 0.2) is 18.2 Å². The third kappa shape index (κ3) is 3.16. The molecule has 2 rings (SSSR count). The standard InChI is InChI=1S/C14H21ClN2O/c1-2-17(10-13-4-3-7-18-13)14-6-5-12(15)8-11(14)9-16/h5-6,8,13H,2-4,7,9-10,16H2,1H3. The number of nitrogens with zero attached hydrogens (tertiary/aromatic N) is 1. The summed E-state index contributed by atoms with van der Waals surface area (Å²) in [7, 11) is 0. The predicted octanol–water partition coefficient (Wildman–Crippen LogP) is 2.80. The monoisotopic (exact) mass is 268 g/mol. The van der Waals surface area contributed by atoms with Crippen molar-refractivity contribution in [1.29, 1.82) is 0 Å². The van der Waals surface area contributed by atoms with E-state index in [1.54, 1.807) is 0 Å². The van der Waals surface area contributed by atoms with Crippen molar-refractivity contribution in [1.82, 2.24) is 0 Å². The highest BCUT2D eigenvalue weighted by atomic mass is 35.5. The molecule has 3 nitrogen and oxygen atoms in total. The second kappa shape index (κ2) is 6.41. The van der Waals surface area contributed by atoms with E-state index in [1.807, 2.05) is 12.1 Å². The van der Waals surface area contributed by atoms with Crippen molar-refractivity contribution < 1.29 is 4.74 Å². The van der Waals surface area contributed by atoms with Gasteiger partial charge in [-0.3, -0.25) is 0 Å². The van der Waals surface area contributed by atoms with E-state index in [2.05, 4.69) is 17.9 Å². The number of likely N-dealkylation sites (N-methyl/N-ethyl adjacent to an activating group) is 1. The fraction of sp³-hybridized carbons (Fsp3) is 0.571. The van der Waals surface area contributed by atoms with Gasteiger partial charge in [0.1, 0.15) is 0 Å². The summed E-state index contributed by atoms with van der Waals surface area (Å²) in [5.41, 5.74) is 8.08. The largest absolute Gasteiger partial charge is 0.376 e. The maximum atomic E-state index is 6.01. The van der Waals surface area contributed by atoms with Crippen LogP contribution in [-0.4, -0.2) is 25.8 Å². The van der Waals surface area contributed by atoms with Crippen LogP contribution in [0.25, 0.3) is 0 Å². The van der Waals surface area contributed by atoms with Crippen LogP contribution >= 0.6 is 11.6 Å². The van der Waals surface area contributed by atoms with Gasteiger partial charge in [0.05, 0.1) is 6.10 Å². The molecule has 1 aliphatic rings. The van der Waals surface area contributed by atoms with Gasteiger partial charge < -0.3 is 15.4 Å². The van der Waals surface area contributed by atoms with E-state index >= 15 is 0 Å². The third-order valence-electron chi connectivity index (χ3n) is 3.43. The Morgan fingerprint density at radius 2 is 2.33 bits per heavy atom. The van der Waals surface area contributed by atoms with Gasteiger partial charge in [-0.1, -0.05) is 11.6 Å². The Morgan fingerprint density at radius 1 is 1.50 bits per heavy atom. The molecule has 100 valence electrons. The van der Waals surface area contributed by atoms with Crippen LogP contribution in [0.3, 0.4) is 0 Å². The first-order valence-electron chi connectivity index (χ1n) is 6.59. The van der Waals surface area contributed by atoms with Crippen molar-refractivity contribution in [2.24, 2.45) is 5.73 Å². The molecule has 1 aromatic carbocycles. The molecule has 4 heteroatoms. The lowest BCUT2D eigenvalue weighted by molar-refractivity contribution is 0.115. The van der Waals surface area contributed by atoms with Crippen LogP contribution < -0.4 is 10.6 Å². The van der Waals surface area contributed by atoms with Crippen molar-refractivity contribution in [3.8, 4) is 0 Å². The van der Waals surface area contributed by atoms with E-state index in [4.69, 9.17) is 22.1 Å². The molecule has 1 unspecified atom stereocenters. The van der Waals surface area contributed by atoms with Gasteiger partial charge >= 0.3 is 0 Å². The Balaban J connectivity index is 2.15. The van der Waals surface area contributed by atoms with Gasteiger partial charge in [0, 0.05) is 37.0 Å². The van der Waals surface area contributed by atoms with E-state index in [-0.39, 0.29) is 0 Å². The zero-order chi connectivity index (χ0) is 13.0. The molecular weight excluding hydrogens is 248 g/mol. The normalized spacial score (nSPS) is 19.2. The molecule has 0 bridgehead atoms. The highest BCUT2D eigenvalue weighted by molar-refractivity contribution is 6.30. The average molecular weight is 269 g/mol. The van der Waals surface area contributed by atoms with Gasteiger partial charge in [0.2, 0.25) is 0 Å². The maximum Gasteiger partial charge on any atom is 0.0750 e. The molecule has 18 heavy (non-hydrogen) atoms. The summed E-state index contributed by atoms with van der Waals surface area (Å²) >= 11 is 6.01. The Bertz CT molecular complexity index is 391. The number of halogens is 1. The second-order valence-electron chi connectivity index (χ2n) is 4.65. The fourth-order valence-electron chi connectivity index (χ4n) is 2.46. The Labute approximate surface area is 114 Å². The number of anilines is 1. The molecule has 1 saturated heterocycles. The second-order valence-corrected chi connectivity index (χ2v) is 5.09. The lowest BCUT2D eigenvalue weighted by atomic mass is 10.1. The highest BCUT2D eigenvalue weighted by Crippen LogP contribution is 2.25.